The normalized spacial score (nSPS) is 21.8. The van der Waals surface area contributed by atoms with Crippen molar-refractivity contribution < 1.29 is 14.4 Å². The molecule has 1 unspecified atom stereocenters. The molecule has 6 nitrogen and oxygen atoms in total. The number of nitrogens with one attached hydrogen (secondary N) is 2. The second-order valence-electron chi connectivity index (χ2n) is 6.56. The molecule has 25 heavy (non-hydrogen) atoms. The Bertz CT molecular complexity index is 654. The van der Waals surface area contributed by atoms with Crippen LogP contribution in [0.25, 0.3) is 0 Å². The van der Waals surface area contributed by atoms with Gasteiger partial charge in [-0.2, -0.15) is 0 Å². The average Bonchev–Trinajstić information content (AvgIpc) is 2.64. The number of piperidine rings is 2. The zero-order valence-electron chi connectivity index (χ0n) is 14.0. The highest BCUT2D eigenvalue weighted by Crippen LogP contribution is 2.29. The molecule has 7 heteroatoms. The molecule has 2 heterocycles. The topological polar surface area (TPSA) is 78.5 Å². The van der Waals surface area contributed by atoms with E-state index < -0.39 is 0 Å². The van der Waals surface area contributed by atoms with Gasteiger partial charge in [-0.25, -0.2) is 0 Å². The van der Waals surface area contributed by atoms with E-state index in [4.69, 9.17) is 0 Å². The molecule has 134 valence electrons. The Labute approximate surface area is 155 Å². The predicted octanol–water partition coefficient (Wildman–Crippen LogP) is 2.00. The zero-order chi connectivity index (χ0) is 17.8. The molecule has 0 radical (unpaired) electrons. The van der Waals surface area contributed by atoms with E-state index in [1.165, 1.54) is 5.56 Å². The van der Waals surface area contributed by atoms with Gasteiger partial charge in [0, 0.05) is 25.2 Å². The van der Waals surface area contributed by atoms with Crippen LogP contribution in [0, 0.1) is 0 Å². The largest absolute Gasteiger partial charge is 0.374 e. The van der Waals surface area contributed by atoms with Crippen molar-refractivity contribution in [3.63, 3.8) is 0 Å². The van der Waals surface area contributed by atoms with Crippen molar-refractivity contribution in [3.8, 4) is 0 Å². The van der Waals surface area contributed by atoms with E-state index >= 15 is 0 Å². The molecule has 1 atom stereocenters. The highest BCUT2D eigenvalue weighted by Gasteiger charge is 2.26. The third-order valence-electron chi connectivity index (χ3n) is 4.92. The van der Waals surface area contributed by atoms with Crippen LogP contribution in [-0.2, 0) is 14.4 Å². The molecule has 2 aliphatic rings. The summed E-state index contributed by atoms with van der Waals surface area (Å²) in [6, 6.07) is 7.77. The molecule has 0 spiro atoms. The lowest BCUT2D eigenvalue weighted by molar-refractivity contribution is -0.133. The van der Waals surface area contributed by atoms with Crippen LogP contribution in [-0.4, -0.2) is 47.1 Å². The SMILES string of the molecule is O=C1CCC(Nc2ccc(C3CCN(C(=O)CBr)CC3)cc2)C(=O)N1. The second-order valence-corrected chi connectivity index (χ2v) is 7.12. The number of nitrogens with zero attached hydrogens (tertiary/aromatic N) is 1. The van der Waals surface area contributed by atoms with Crippen LogP contribution in [0.1, 0.15) is 37.2 Å². The molecule has 2 saturated heterocycles. The Morgan fingerprint density at radius 3 is 2.44 bits per heavy atom. The summed E-state index contributed by atoms with van der Waals surface area (Å²) < 4.78 is 0. The minimum Gasteiger partial charge on any atom is -0.374 e. The maximum Gasteiger partial charge on any atom is 0.249 e. The van der Waals surface area contributed by atoms with Gasteiger partial charge in [-0.15, -0.1) is 0 Å². The van der Waals surface area contributed by atoms with Crippen LogP contribution in [0.2, 0.25) is 0 Å². The Balaban J connectivity index is 1.55. The fourth-order valence-corrected chi connectivity index (χ4v) is 3.79. The van der Waals surface area contributed by atoms with E-state index in [0.717, 1.165) is 31.6 Å². The molecule has 2 aliphatic heterocycles. The van der Waals surface area contributed by atoms with Crippen LogP contribution in [0.5, 0.6) is 0 Å². The Kier molecular flexibility index (Phi) is 5.73. The lowest BCUT2D eigenvalue weighted by Crippen LogP contribution is -2.47. The molecule has 1 aromatic rings. The fraction of sp³-hybridized carbons (Fsp3) is 0.500. The number of hydrogen-bond acceptors (Lipinski definition) is 4. The quantitative estimate of drug-likeness (QED) is 0.590. The number of halogens is 1. The lowest BCUT2D eigenvalue weighted by Gasteiger charge is -2.32. The van der Waals surface area contributed by atoms with Crippen molar-refractivity contribution in [1.82, 2.24) is 10.2 Å². The molecule has 3 amide bonds. The van der Waals surface area contributed by atoms with Crippen LogP contribution < -0.4 is 10.6 Å². The summed E-state index contributed by atoms with van der Waals surface area (Å²) in [5, 5.41) is 5.93. The van der Waals surface area contributed by atoms with Crippen LogP contribution >= 0.6 is 15.9 Å². The van der Waals surface area contributed by atoms with Gasteiger partial charge in [0.1, 0.15) is 6.04 Å². The van der Waals surface area contributed by atoms with E-state index in [-0.39, 0.29) is 23.8 Å². The van der Waals surface area contributed by atoms with Crippen molar-refractivity contribution in [3.05, 3.63) is 29.8 Å². The van der Waals surface area contributed by atoms with E-state index in [9.17, 15) is 14.4 Å². The maximum atomic E-state index is 11.8. The first-order valence-electron chi connectivity index (χ1n) is 8.60. The molecule has 0 aliphatic carbocycles. The van der Waals surface area contributed by atoms with Gasteiger partial charge in [0.05, 0.1) is 5.33 Å². The number of hydrogen-bond donors (Lipinski definition) is 2. The molecule has 0 saturated carbocycles. The van der Waals surface area contributed by atoms with E-state index in [2.05, 4.69) is 38.7 Å². The van der Waals surface area contributed by atoms with Gasteiger partial charge in [-0.1, -0.05) is 28.1 Å². The van der Waals surface area contributed by atoms with Crippen molar-refractivity contribution in [1.29, 1.82) is 0 Å². The number of benzene rings is 1. The number of alkyl halides is 1. The first-order valence-corrected chi connectivity index (χ1v) is 9.73. The molecule has 2 N–H and O–H groups in total. The summed E-state index contributed by atoms with van der Waals surface area (Å²) in [7, 11) is 0. The maximum absolute atomic E-state index is 11.8. The number of amides is 3. The van der Waals surface area contributed by atoms with Gasteiger partial charge in [0.25, 0.3) is 0 Å². The minimum atomic E-state index is -0.359. The van der Waals surface area contributed by atoms with Crippen LogP contribution in [0.4, 0.5) is 5.69 Å². The molecular formula is C18H22BrN3O3. The van der Waals surface area contributed by atoms with Crippen LogP contribution in [0.3, 0.4) is 0 Å². The minimum absolute atomic E-state index is 0.155. The average molecular weight is 408 g/mol. The predicted molar refractivity (Wildman–Crippen MR) is 98.6 cm³/mol. The number of anilines is 1. The number of carbonyl (C=O) groups excluding carboxylic acids is 3. The summed E-state index contributed by atoms with van der Waals surface area (Å²) in [5.41, 5.74) is 2.14. The molecule has 0 bridgehead atoms. The Morgan fingerprint density at radius 2 is 1.84 bits per heavy atom. The highest BCUT2D eigenvalue weighted by molar-refractivity contribution is 9.09. The second kappa shape index (κ2) is 7.99. The molecule has 1 aromatic carbocycles. The van der Waals surface area contributed by atoms with Crippen molar-refractivity contribution >= 4 is 39.3 Å². The third-order valence-corrected chi connectivity index (χ3v) is 5.40. The van der Waals surface area contributed by atoms with E-state index in [1.54, 1.807) is 0 Å². The summed E-state index contributed by atoms with van der Waals surface area (Å²) in [4.78, 5) is 36.6. The highest BCUT2D eigenvalue weighted by atomic mass is 79.9. The van der Waals surface area contributed by atoms with Gasteiger partial charge in [0.2, 0.25) is 17.7 Å². The van der Waals surface area contributed by atoms with Gasteiger partial charge >= 0.3 is 0 Å². The van der Waals surface area contributed by atoms with Gasteiger partial charge in [0.15, 0.2) is 0 Å². The Morgan fingerprint density at radius 1 is 1.16 bits per heavy atom. The van der Waals surface area contributed by atoms with Crippen molar-refractivity contribution in [2.75, 3.05) is 23.7 Å². The van der Waals surface area contributed by atoms with Crippen molar-refractivity contribution in [2.24, 2.45) is 0 Å². The summed E-state index contributed by atoms with van der Waals surface area (Å²) in [5.74, 6) is 0.151. The lowest BCUT2D eigenvalue weighted by atomic mass is 9.89. The van der Waals surface area contributed by atoms with E-state index in [0.29, 0.717) is 24.1 Å². The monoisotopic (exact) mass is 407 g/mol. The number of likely N-dealkylation sites (tertiary alicyclic amines) is 1. The zero-order valence-corrected chi connectivity index (χ0v) is 15.5. The number of carbonyl (C=O) groups is 3. The first kappa shape index (κ1) is 17.9. The van der Waals surface area contributed by atoms with Crippen molar-refractivity contribution in [2.45, 2.75) is 37.6 Å². The first-order chi connectivity index (χ1) is 12.1. The number of imide groups is 1. The van der Waals surface area contributed by atoms with E-state index in [1.807, 2.05) is 17.0 Å². The fourth-order valence-electron chi connectivity index (χ4n) is 3.43. The third kappa shape index (κ3) is 4.39. The summed E-state index contributed by atoms with van der Waals surface area (Å²) >= 11 is 3.22. The summed E-state index contributed by atoms with van der Waals surface area (Å²) in [6.07, 6.45) is 2.83. The molecule has 0 aromatic heterocycles. The standard InChI is InChI=1S/C18H22BrN3O3/c19-11-17(24)22-9-7-13(8-10-22)12-1-3-14(4-2-12)20-15-5-6-16(23)21-18(15)25/h1-4,13,15,20H,5-11H2,(H,21,23,25). The smallest absolute Gasteiger partial charge is 0.249 e. The molecule has 2 fully saturated rings. The van der Waals surface area contributed by atoms with Crippen LogP contribution in [0.15, 0.2) is 24.3 Å². The van der Waals surface area contributed by atoms with Gasteiger partial charge < -0.3 is 10.2 Å². The number of rotatable bonds is 4. The van der Waals surface area contributed by atoms with Gasteiger partial charge in [-0.05, 0) is 42.9 Å². The molecule has 3 rings (SSSR count). The Hall–Kier alpha value is -1.89. The molecular weight excluding hydrogens is 386 g/mol. The van der Waals surface area contributed by atoms with Gasteiger partial charge in [-0.3, -0.25) is 19.7 Å². The summed E-state index contributed by atoms with van der Waals surface area (Å²) in [6.45, 7) is 1.59.